The van der Waals surface area contributed by atoms with Crippen molar-refractivity contribution in [3.8, 4) is 0 Å². The van der Waals surface area contributed by atoms with Crippen LogP contribution in [-0.2, 0) is 6.42 Å². The lowest BCUT2D eigenvalue weighted by Gasteiger charge is -2.39. The van der Waals surface area contributed by atoms with Crippen LogP contribution >= 0.6 is 0 Å². The van der Waals surface area contributed by atoms with Crippen LogP contribution in [0.5, 0.6) is 0 Å². The van der Waals surface area contributed by atoms with Crippen LogP contribution in [0.15, 0.2) is 29.1 Å². The van der Waals surface area contributed by atoms with Gasteiger partial charge < -0.3 is 15.2 Å². The number of anilines is 1. The van der Waals surface area contributed by atoms with Crippen molar-refractivity contribution < 1.29 is 13.6 Å². The smallest absolute Gasteiger partial charge is 0.270 e. The first-order valence-corrected chi connectivity index (χ1v) is 12.5. The Hall–Kier alpha value is -3.40. The average Bonchev–Trinajstić information content (AvgIpc) is 2.86. The molecule has 1 unspecified atom stereocenters. The molecule has 10 heteroatoms. The van der Waals surface area contributed by atoms with Gasteiger partial charge in [-0.2, -0.15) is 4.39 Å². The number of carbonyl (C=O) groups is 1. The molecule has 1 amide bonds. The highest BCUT2D eigenvalue weighted by molar-refractivity contribution is 5.92. The highest BCUT2D eigenvalue weighted by Gasteiger charge is 2.27. The summed E-state index contributed by atoms with van der Waals surface area (Å²) in [6, 6.07) is 6.54. The van der Waals surface area contributed by atoms with E-state index in [1.54, 1.807) is 24.3 Å². The number of nitrogens with zero attached hydrogens (tertiary/aromatic N) is 4. The summed E-state index contributed by atoms with van der Waals surface area (Å²) in [5.74, 6) is -1.48. The fourth-order valence-corrected chi connectivity index (χ4v) is 4.89. The molecule has 2 aromatic heterocycles. The molecular weight excluding hydrogens is 466 g/mol. The Balaban J connectivity index is 1.26. The number of piperazine rings is 1. The zero-order valence-corrected chi connectivity index (χ0v) is 20.5. The van der Waals surface area contributed by atoms with Gasteiger partial charge in [0.05, 0.1) is 11.2 Å². The van der Waals surface area contributed by atoms with Gasteiger partial charge in [-0.15, -0.1) is 0 Å². The van der Waals surface area contributed by atoms with E-state index in [1.165, 1.54) is 0 Å². The van der Waals surface area contributed by atoms with E-state index in [-0.39, 0.29) is 34.8 Å². The fourth-order valence-electron chi connectivity index (χ4n) is 4.89. The van der Waals surface area contributed by atoms with E-state index >= 15 is 4.39 Å². The molecule has 36 heavy (non-hydrogen) atoms. The van der Waals surface area contributed by atoms with Crippen molar-refractivity contribution in [3.63, 3.8) is 0 Å². The Morgan fingerprint density at radius 3 is 2.53 bits per heavy atom. The summed E-state index contributed by atoms with van der Waals surface area (Å²) in [5, 5.41) is 2.87. The lowest BCUT2D eigenvalue weighted by molar-refractivity contribution is 0.0910. The zero-order chi connectivity index (χ0) is 25.4. The molecule has 1 aromatic carbocycles. The van der Waals surface area contributed by atoms with Gasteiger partial charge in [-0.1, -0.05) is 13.0 Å². The second kappa shape index (κ2) is 9.93. The molecule has 1 saturated heterocycles. The molecule has 1 aliphatic carbocycles. The third kappa shape index (κ3) is 4.57. The van der Waals surface area contributed by atoms with Crippen molar-refractivity contribution in [2.45, 2.75) is 51.6 Å². The van der Waals surface area contributed by atoms with Crippen LogP contribution in [0.25, 0.3) is 11.0 Å². The van der Waals surface area contributed by atoms with Crippen molar-refractivity contribution in [1.29, 1.82) is 0 Å². The van der Waals surface area contributed by atoms with E-state index in [9.17, 15) is 14.0 Å². The molecule has 0 radical (unpaired) electrons. The number of aromatic amines is 1. The van der Waals surface area contributed by atoms with Crippen LogP contribution in [0.1, 0.15) is 60.9 Å². The summed E-state index contributed by atoms with van der Waals surface area (Å²) in [7, 11) is 0. The van der Waals surface area contributed by atoms with Gasteiger partial charge in [-0.05, 0) is 50.8 Å². The van der Waals surface area contributed by atoms with Crippen LogP contribution in [0.4, 0.5) is 14.5 Å². The number of H-pyrrole nitrogens is 1. The number of fused-ring (bicyclic) bond motifs is 1. The van der Waals surface area contributed by atoms with E-state index in [0.29, 0.717) is 55.1 Å². The molecule has 1 aliphatic heterocycles. The minimum atomic E-state index is -0.666. The molecular formula is C26H30F2N6O2. The summed E-state index contributed by atoms with van der Waals surface area (Å²) >= 11 is 0. The minimum Gasteiger partial charge on any atom is -0.365 e. The second-order valence-electron chi connectivity index (χ2n) is 9.54. The summed E-state index contributed by atoms with van der Waals surface area (Å²) < 4.78 is 30.2. The molecule has 3 heterocycles. The lowest BCUT2D eigenvalue weighted by atomic mass is 9.93. The third-order valence-electron chi connectivity index (χ3n) is 7.40. The first-order chi connectivity index (χ1) is 17.4. The topological polar surface area (TPSA) is 94.2 Å². The Labute approximate surface area is 207 Å². The Kier molecular flexibility index (Phi) is 6.70. The van der Waals surface area contributed by atoms with Crippen LogP contribution < -0.4 is 15.8 Å². The van der Waals surface area contributed by atoms with Crippen molar-refractivity contribution >= 4 is 22.6 Å². The monoisotopic (exact) mass is 496 g/mol. The van der Waals surface area contributed by atoms with Gasteiger partial charge in [0.25, 0.3) is 11.5 Å². The van der Waals surface area contributed by atoms with Gasteiger partial charge in [-0.3, -0.25) is 14.5 Å². The second-order valence-corrected chi connectivity index (χ2v) is 9.54. The summed E-state index contributed by atoms with van der Waals surface area (Å²) in [4.78, 5) is 39.3. The standard InChI is InChI=1S/C26H30F2N6O2/c1-3-18-25(35)32-23-19(30-18)8-7-17(22(23)27)15(2)33-11-13-34(14-12-33)21-10-9-20(31-24(21)28)26(36)29-16-5-4-6-16/h7-10,15-16H,3-6,11-14H2,1-2H3,(H,29,36)(H,32,35). The SMILES string of the molecule is CCc1nc2ccc(C(C)N3CCN(c4ccc(C(=O)NC5CCC5)nc4F)CC3)c(F)c2[nH]c1=O. The number of nitrogens with one attached hydrogen (secondary N) is 2. The maximum Gasteiger partial charge on any atom is 0.270 e. The van der Waals surface area contributed by atoms with Gasteiger partial charge in [0, 0.05) is 43.8 Å². The van der Waals surface area contributed by atoms with Gasteiger partial charge in [0.15, 0.2) is 5.82 Å². The van der Waals surface area contributed by atoms with Crippen molar-refractivity contribution in [2.75, 3.05) is 31.1 Å². The third-order valence-corrected chi connectivity index (χ3v) is 7.40. The first-order valence-electron chi connectivity index (χ1n) is 12.5. The molecule has 8 nitrogen and oxygen atoms in total. The van der Waals surface area contributed by atoms with Crippen molar-refractivity contribution in [2.24, 2.45) is 0 Å². The minimum absolute atomic E-state index is 0.0841. The zero-order valence-electron chi connectivity index (χ0n) is 20.5. The van der Waals surface area contributed by atoms with Crippen molar-refractivity contribution in [3.05, 3.63) is 63.3 Å². The summed E-state index contributed by atoms with van der Waals surface area (Å²) in [5.41, 5.74) is 1.48. The number of hydrogen-bond donors (Lipinski definition) is 2. The van der Waals surface area contributed by atoms with E-state index in [0.717, 1.165) is 19.3 Å². The molecule has 1 atom stereocenters. The molecule has 190 valence electrons. The fraction of sp³-hybridized carbons (Fsp3) is 0.462. The van der Waals surface area contributed by atoms with E-state index in [2.05, 4.69) is 25.2 Å². The number of amides is 1. The molecule has 0 bridgehead atoms. The molecule has 1 saturated carbocycles. The Bertz CT molecular complexity index is 1350. The normalized spacial score (nSPS) is 17.7. The maximum atomic E-state index is 15.4. The number of benzene rings is 1. The number of halogens is 2. The molecule has 3 aromatic rings. The van der Waals surface area contributed by atoms with Crippen LogP contribution in [0, 0.1) is 11.8 Å². The molecule has 0 spiro atoms. The lowest BCUT2D eigenvalue weighted by Crippen LogP contribution is -2.47. The quantitative estimate of drug-likeness (QED) is 0.509. The number of aromatic nitrogens is 3. The predicted octanol–water partition coefficient (Wildman–Crippen LogP) is 3.32. The predicted molar refractivity (Wildman–Crippen MR) is 133 cm³/mol. The largest absolute Gasteiger partial charge is 0.365 e. The first kappa shape index (κ1) is 24.3. The van der Waals surface area contributed by atoms with E-state index in [4.69, 9.17) is 0 Å². The summed E-state index contributed by atoms with van der Waals surface area (Å²) in [6.45, 7) is 5.99. The Morgan fingerprint density at radius 1 is 1.14 bits per heavy atom. The van der Waals surface area contributed by atoms with Gasteiger partial charge in [-0.25, -0.2) is 14.4 Å². The average molecular weight is 497 g/mol. The maximum absolute atomic E-state index is 15.4. The molecule has 2 fully saturated rings. The molecule has 2 N–H and O–H groups in total. The van der Waals surface area contributed by atoms with Crippen molar-refractivity contribution in [1.82, 2.24) is 25.2 Å². The van der Waals surface area contributed by atoms with E-state index < -0.39 is 11.8 Å². The van der Waals surface area contributed by atoms with E-state index in [1.807, 2.05) is 18.7 Å². The van der Waals surface area contributed by atoms with Crippen LogP contribution in [-0.4, -0.2) is 58.0 Å². The van der Waals surface area contributed by atoms with Crippen LogP contribution in [0.3, 0.4) is 0 Å². The summed E-state index contributed by atoms with van der Waals surface area (Å²) in [6.07, 6.45) is 3.47. The number of pyridine rings is 1. The van der Waals surface area contributed by atoms with Gasteiger partial charge in [0.2, 0.25) is 5.95 Å². The number of aryl methyl sites for hydroxylation is 1. The number of rotatable bonds is 6. The molecule has 5 rings (SSSR count). The van der Waals surface area contributed by atoms with Crippen LogP contribution in [0.2, 0.25) is 0 Å². The highest BCUT2D eigenvalue weighted by atomic mass is 19.1. The van der Waals surface area contributed by atoms with Gasteiger partial charge in [0.1, 0.15) is 16.9 Å². The van der Waals surface area contributed by atoms with Gasteiger partial charge >= 0.3 is 0 Å². The molecule has 2 aliphatic rings. The Morgan fingerprint density at radius 2 is 1.89 bits per heavy atom. The number of hydrogen-bond acceptors (Lipinski definition) is 6. The number of carbonyl (C=O) groups excluding carboxylic acids is 1. The highest BCUT2D eigenvalue weighted by Crippen LogP contribution is 2.29.